The second-order valence-corrected chi connectivity index (χ2v) is 6.74. The number of aromatic nitrogens is 1. The Morgan fingerprint density at radius 3 is 2.62 bits per heavy atom. The molecule has 3 nitrogen and oxygen atoms in total. The van der Waals surface area contributed by atoms with Gasteiger partial charge in [-0.15, -0.1) is 0 Å². The molecule has 1 aromatic heterocycles. The molecule has 3 heteroatoms. The number of hydrogen-bond acceptors (Lipinski definition) is 3. The summed E-state index contributed by atoms with van der Waals surface area (Å²) in [5, 5.41) is 3.42. The minimum Gasteiger partial charge on any atom is -0.353 e. The number of nitrogens with one attached hydrogen (secondary N) is 1. The lowest BCUT2D eigenvalue weighted by atomic mass is 10.1. The van der Waals surface area contributed by atoms with Crippen LogP contribution in [0.4, 0.5) is 5.82 Å². The number of anilines is 1. The molecule has 0 saturated heterocycles. The largest absolute Gasteiger partial charge is 0.353 e. The molecule has 0 amide bonds. The van der Waals surface area contributed by atoms with Crippen LogP contribution in [-0.4, -0.2) is 24.1 Å². The van der Waals surface area contributed by atoms with Crippen molar-refractivity contribution < 1.29 is 0 Å². The molecule has 1 N–H and O–H groups in total. The van der Waals surface area contributed by atoms with E-state index < -0.39 is 0 Å². The third kappa shape index (κ3) is 4.70. The van der Waals surface area contributed by atoms with Gasteiger partial charge in [0.2, 0.25) is 0 Å². The molecule has 1 fully saturated rings. The second kappa shape index (κ2) is 7.79. The van der Waals surface area contributed by atoms with Crippen LogP contribution in [0.25, 0.3) is 0 Å². The summed E-state index contributed by atoms with van der Waals surface area (Å²) in [6.45, 7) is 11.9. The summed E-state index contributed by atoms with van der Waals surface area (Å²) < 4.78 is 0. The van der Waals surface area contributed by atoms with Crippen LogP contribution >= 0.6 is 0 Å². The molecule has 0 atom stereocenters. The molecule has 1 saturated carbocycles. The SMILES string of the molecule is CCNCc1cc(C)nc(N(CC(C)C)C2CCCC2)c1. The van der Waals surface area contributed by atoms with Crippen molar-refractivity contribution in [3.63, 3.8) is 0 Å². The van der Waals surface area contributed by atoms with Crippen molar-refractivity contribution in [1.29, 1.82) is 0 Å². The minimum atomic E-state index is 0.671. The highest BCUT2D eigenvalue weighted by molar-refractivity contribution is 5.44. The lowest BCUT2D eigenvalue weighted by molar-refractivity contribution is 0.530. The molecule has 1 aliphatic rings. The van der Waals surface area contributed by atoms with Crippen molar-refractivity contribution >= 4 is 5.82 Å². The average Bonchev–Trinajstić information content (AvgIpc) is 2.95. The van der Waals surface area contributed by atoms with Crippen molar-refractivity contribution in [1.82, 2.24) is 10.3 Å². The van der Waals surface area contributed by atoms with E-state index in [1.54, 1.807) is 0 Å². The van der Waals surface area contributed by atoms with Crippen LogP contribution in [0.3, 0.4) is 0 Å². The summed E-state index contributed by atoms with van der Waals surface area (Å²) >= 11 is 0. The van der Waals surface area contributed by atoms with Gasteiger partial charge in [-0.3, -0.25) is 0 Å². The molecule has 0 aromatic carbocycles. The lowest BCUT2D eigenvalue weighted by Gasteiger charge is -2.32. The van der Waals surface area contributed by atoms with Gasteiger partial charge in [0, 0.05) is 24.8 Å². The third-order valence-electron chi connectivity index (χ3n) is 4.20. The molecule has 0 unspecified atom stereocenters. The first kappa shape index (κ1) is 16.3. The van der Waals surface area contributed by atoms with Gasteiger partial charge in [0.1, 0.15) is 5.82 Å². The van der Waals surface area contributed by atoms with E-state index in [2.05, 4.69) is 50.0 Å². The first-order valence-corrected chi connectivity index (χ1v) is 8.55. The van der Waals surface area contributed by atoms with Crippen LogP contribution in [0.2, 0.25) is 0 Å². The van der Waals surface area contributed by atoms with E-state index in [1.165, 1.54) is 37.1 Å². The number of hydrogen-bond donors (Lipinski definition) is 1. The Morgan fingerprint density at radius 1 is 1.29 bits per heavy atom. The molecule has 1 aliphatic carbocycles. The standard InChI is InChI=1S/C18H31N3/c1-5-19-12-16-10-15(4)20-18(11-16)21(13-14(2)3)17-8-6-7-9-17/h10-11,14,17,19H,5-9,12-13H2,1-4H3. The summed E-state index contributed by atoms with van der Waals surface area (Å²) in [6.07, 6.45) is 5.39. The quantitative estimate of drug-likeness (QED) is 0.825. The Bertz CT molecular complexity index is 436. The summed E-state index contributed by atoms with van der Waals surface area (Å²) in [5.74, 6) is 1.86. The van der Waals surface area contributed by atoms with Crippen LogP contribution in [0.5, 0.6) is 0 Å². The number of aryl methyl sites for hydroxylation is 1. The van der Waals surface area contributed by atoms with E-state index >= 15 is 0 Å². The van der Waals surface area contributed by atoms with E-state index in [-0.39, 0.29) is 0 Å². The zero-order chi connectivity index (χ0) is 15.2. The molecule has 2 rings (SSSR count). The molecule has 0 bridgehead atoms. The Balaban J connectivity index is 2.22. The fourth-order valence-electron chi connectivity index (χ4n) is 3.28. The maximum Gasteiger partial charge on any atom is 0.129 e. The molecular formula is C18H31N3. The normalized spacial score (nSPS) is 15.9. The van der Waals surface area contributed by atoms with E-state index in [9.17, 15) is 0 Å². The van der Waals surface area contributed by atoms with Gasteiger partial charge in [0.15, 0.2) is 0 Å². The van der Waals surface area contributed by atoms with Crippen molar-refractivity contribution in [2.24, 2.45) is 5.92 Å². The van der Waals surface area contributed by atoms with Gasteiger partial charge in [0.25, 0.3) is 0 Å². The van der Waals surface area contributed by atoms with Gasteiger partial charge in [-0.25, -0.2) is 4.98 Å². The molecule has 1 aromatic rings. The summed E-state index contributed by atoms with van der Waals surface area (Å²) in [6, 6.07) is 5.18. The van der Waals surface area contributed by atoms with Crippen LogP contribution in [0.15, 0.2) is 12.1 Å². The second-order valence-electron chi connectivity index (χ2n) is 6.74. The van der Waals surface area contributed by atoms with Crippen molar-refractivity contribution in [2.45, 2.75) is 66.0 Å². The van der Waals surface area contributed by atoms with E-state index in [1.807, 2.05) is 0 Å². The fourth-order valence-corrected chi connectivity index (χ4v) is 3.28. The molecular weight excluding hydrogens is 258 g/mol. The first-order valence-electron chi connectivity index (χ1n) is 8.55. The predicted octanol–water partition coefficient (Wildman–Crippen LogP) is 3.90. The molecule has 0 radical (unpaired) electrons. The van der Waals surface area contributed by atoms with Gasteiger partial charge in [-0.1, -0.05) is 33.6 Å². The number of nitrogens with zero attached hydrogens (tertiary/aromatic N) is 2. The molecule has 21 heavy (non-hydrogen) atoms. The van der Waals surface area contributed by atoms with Gasteiger partial charge >= 0.3 is 0 Å². The monoisotopic (exact) mass is 289 g/mol. The lowest BCUT2D eigenvalue weighted by Crippen LogP contribution is -2.37. The van der Waals surface area contributed by atoms with E-state index in [4.69, 9.17) is 4.98 Å². The van der Waals surface area contributed by atoms with Gasteiger partial charge < -0.3 is 10.2 Å². The van der Waals surface area contributed by atoms with E-state index in [0.29, 0.717) is 12.0 Å². The molecule has 118 valence electrons. The van der Waals surface area contributed by atoms with Crippen molar-refractivity contribution in [3.8, 4) is 0 Å². The molecule has 1 heterocycles. The zero-order valence-corrected chi connectivity index (χ0v) is 14.2. The third-order valence-corrected chi connectivity index (χ3v) is 4.20. The van der Waals surface area contributed by atoms with Gasteiger partial charge in [0.05, 0.1) is 0 Å². The topological polar surface area (TPSA) is 28.2 Å². The molecule has 0 spiro atoms. The first-order chi connectivity index (χ1) is 10.1. The van der Waals surface area contributed by atoms with Crippen LogP contribution < -0.4 is 10.2 Å². The van der Waals surface area contributed by atoms with Crippen LogP contribution in [0.1, 0.15) is 57.7 Å². The van der Waals surface area contributed by atoms with Crippen molar-refractivity contribution in [3.05, 3.63) is 23.4 Å². The average molecular weight is 289 g/mol. The highest BCUT2D eigenvalue weighted by Crippen LogP contribution is 2.28. The van der Waals surface area contributed by atoms with Crippen LogP contribution in [0, 0.1) is 12.8 Å². The maximum absolute atomic E-state index is 4.84. The number of rotatable bonds is 7. The smallest absolute Gasteiger partial charge is 0.129 e. The van der Waals surface area contributed by atoms with Crippen LogP contribution in [-0.2, 0) is 6.54 Å². The summed E-state index contributed by atoms with van der Waals surface area (Å²) in [7, 11) is 0. The molecule has 0 aliphatic heterocycles. The Kier molecular flexibility index (Phi) is 6.04. The van der Waals surface area contributed by atoms with Gasteiger partial charge in [-0.2, -0.15) is 0 Å². The fraction of sp³-hybridized carbons (Fsp3) is 0.722. The highest BCUT2D eigenvalue weighted by atomic mass is 15.2. The Hall–Kier alpha value is -1.09. The summed E-state index contributed by atoms with van der Waals surface area (Å²) in [4.78, 5) is 7.41. The van der Waals surface area contributed by atoms with Gasteiger partial charge in [-0.05, 0) is 49.9 Å². The zero-order valence-electron chi connectivity index (χ0n) is 14.2. The predicted molar refractivity (Wildman–Crippen MR) is 90.8 cm³/mol. The maximum atomic E-state index is 4.84. The Labute approximate surface area is 130 Å². The number of pyridine rings is 1. The minimum absolute atomic E-state index is 0.671. The van der Waals surface area contributed by atoms with E-state index in [0.717, 1.165) is 25.3 Å². The van der Waals surface area contributed by atoms with Crippen molar-refractivity contribution in [2.75, 3.05) is 18.0 Å². The Morgan fingerprint density at radius 2 is 2.00 bits per heavy atom. The summed E-state index contributed by atoms with van der Waals surface area (Å²) in [5.41, 5.74) is 2.48. The highest BCUT2D eigenvalue weighted by Gasteiger charge is 2.24.